The SMILES string of the molecule is CC.CCC(C)=O.CCC(C)=O.CCNC(=O)OCc1ccccc1C. The van der Waals surface area contributed by atoms with E-state index in [0.717, 1.165) is 11.1 Å². The normalized spacial score (nSPS) is 8.31. The van der Waals surface area contributed by atoms with Gasteiger partial charge in [0.05, 0.1) is 0 Å². The van der Waals surface area contributed by atoms with Gasteiger partial charge in [-0.3, -0.25) is 0 Å². The zero-order valence-corrected chi connectivity index (χ0v) is 17.8. The number of aryl methyl sites for hydroxylation is 1. The molecule has 0 aliphatic heterocycles. The topological polar surface area (TPSA) is 72.5 Å². The molecule has 0 atom stereocenters. The minimum absolute atomic E-state index is 0.255. The molecule has 0 fully saturated rings. The minimum atomic E-state index is -0.365. The lowest BCUT2D eigenvalue weighted by Crippen LogP contribution is -2.23. The molecule has 26 heavy (non-hydrogen) atoms. The maximum absolute atomic E-state index is 11.0. The summed E-state index contributed by atoms with van der Waals surface area (Å²) >= 11 is 0. The summed E-state index contributed by atoms with van der Waals surface area (Å²) in [5.74, 6) is 0.509. The second-order valence-electron chi connectivity index (χ2n) is 5.14. The highest BCUT2D eigenvalue weighted by atomic mass is 16.5. The third kappa shape index (κ3) is 21.8. The number of hydrogen-bond acceptors (Lipinski definition) is 4. The molecule has 0 heterocycles. The van der Waals surface area contributed by atoms with Gasteiger partial charge < -0.3 is 19.6 Å². The standard InChI is InChI=1S/C11H15NO2.2C4H8O.C2H6/c1-3-12-11(13)14-8-10-7-5-4-6-9(10)2;2*1-3-4(2)5;1-2/h4-7H,3,8H2,1-2H3,(H,12,13);2*3H2,1-2H3;1-2H3. The van der Waals surface area contributed by atoms with Crippen LogP contribution >= 0.6 is 0 Å². The molecule has 0 aliphatic carbocycles. The highest BCUT2D eigenvalue weighted by molar-refractivity contribution is 5.75. The van der Waals surface area contributed by atoms with E-state index in [1.807, 2.05) is 65.8 Å². The van der Waals surface area contributed by atoms with Gasteiger partial charge >= 0.3 is 6.09 Å². The van der Waals surface area contributed by atoms with Gasteiger partial charge in [0.2, 0.25) is 0 Å². The number of carbonyl (C=O) groups excluding carboxylic acids is 3. The molecule has 1 aromatic carbocycles. The second-order valence-corrected chi connectivity index (χ2v) is 5.14. The summed E-state index contributed by atoms with van der Waals surface area (Å²) in [6.07, 6.45) is 0.968. The number of amides is 1. The average molecular weight is 368 g/mol. The highest BCUT2D eigenvalue weighted by Crippen LogP contribution is 2.07. The lowest BCUT2D eigenvalue weighted by Gasteiger charge is -2.07. The van der Waals surface area contributed by atoms with E-state index < -0.39 is 0 Å². The molecule has 5 nitrogen and oxygen atoms in total. The van der Waals surface area contributed by atoms with Crippen LogP contribution in [0.15, 0.2) is 24.3 Å². The Hall–Kier alpha value is -2.17. The second kappa shape index (κ2) is 20.9. The lowest BCUT2D eigenvalue weighted by molar-refractivity contribution is -0.117. The van der Waals surface area contributed by atoms with Gasteiger partial charge in [0.15, 0.2) is 0 Å². The number of alkyl carbamates (subject to hydrolysis) is 1. The van der Waals surface area contributed by atoms with Crippen LogP contribution in [-0.2, 0) is 20.9 Å². The molecular formula is C21H37NO4. The minimum Gasteiger partial charge on any atom is -0.445 e. The van der Waals surface area contributed by atoms with Crippen molar-refractivity contribution in [1.82, 2.24) is 5.32 Å². The maximum atomic E-state index is 11.0. The van der Waals surface area contributed by atoms with Crippen molar-refractivity contribution in [1.29, 1.82) is 0 Å². The summed E-state index contributed by atoms with van der Waals surface area (Å²) < 4.78 is 5.00. The first-order valence-electron chi connectivity index (χ1n) is 9.22. The number of carbonyl (C=O) groups is 3. The highest BCUT2D eigenvalue weighted by Gasteiger charge is 2.01. The Morgan fingerprint density at radius 3 is 1.69 bits per heavy atom. The molecule has 0 saturated heterocycles. The van der Waals surface area contributed by atoms with Gasteiger partial charge in [0, 0.05) is 19.4 Å². The predicted molar refractivity (Wildman–Crippen MR) is 108 cm³/mol. The number of ether oxygens (including phenoxy) is 1. The molecule has 0 unspecified atom stereocenters. The summed E-state index contributed by atoms with van der Waals surface area (Å²) in [6.45, 7) is 15.6. The molecule has 150 valence electrons. The van der Waals surface area contributed by atoms with Crippen molar-refractivity contribution < 1.29 is 19.1 Å². The van der Waals surface area contributed by atoms with E-state index in [4.69, 9.17) is 4.74 Å². The predicted octanol–water partition coefficient (Wildman–Crippen LogP) is 5.24. The van der Waals surface area contributed by atoms with Gasteiger partial charge in [-0.05, 0) is 38.8 Å². The monoisotopic (exact) mass is 367 g/mol. The molecule has 1 rings (SSSR count). The van der Waals surface area contributed by atoms with Gasteiger partial charge in [-0.1, -0.05) is 52.0 Å². The largest absolute Gasteiger partial charge is 0.445 e. The summed E-state index contributed by atoms with van der Waals surface area (Å²) in [6, 6.07) is 7.85. The van der Waals surface area contributed by atoms with Crippen LogP contribution in [0.2, 0.25) is 0 Å². The smallest absolute Gasteiger partial charge is 0.407 e. The Bertz CT molecular complexity index is 485. The molecule has 0 radical (unpaired) electrons. The average Bonchev–Trinajstić information content (AvgIpc) is 2.64. The van der Waals surface area contributed by atoms with Gasteiger partial charge in [0.1, 0.15) is 18.2 Å². The van der Waals surface area contributed by atoms with Crippen molar-refractivity contribution in [3.8, 4) is 0 Å². The zero-order valence-electron chi connectivity index (χ0n) is 17.8. The number of nitrogens with one attached hydrogen (secondary N) is 1. The molecule has 0 aromatic heterocycles. The number of benzene rings is 1. The van der Waals surface area contributed by atoms with Crippen LogP contribution in [0.5, 0.6) is 0 Å². The summed E-state index contributed by atoms with van der Waals surface area (Å²) in [5.41, 5.74) is 2.18. The van der Waals surface area contributed by atoms with Gasteiger partial charge in [-0.2, -0.15) is 0 Å². The molecule has 0 bridgehead atoms. The third-order valence-electron chi connectivity index (χ3n) is 2.94. The first-order valence-corrected chi connectivity index (χ1v) is 9.22. The Balaban J connectivity index is -0.000000366. The molecule has 1 N–H and O–H groups in total. The van der Waals surface area contributed by atoms with Crippen LogP contribution in [0.25, 0.3) is 0 Å². The third-order valence-corrected chi connectivity index (χ3v) is 2.94. The van der Waals surface area contributed by atoms with E-state index in [0.29, 0.717) is 26.0 Å². The van der Waals surface area contributed by atoms with Crippen molar-refractivity contribution in [2.75, 3.05) is 6.54 Å². The van der Waals surface area contributed by atoms with Crippen LogP contribution < -0.4 is 5.32 Å². The van der Waals surface area contributed by atoms with E-state index in [1.165, 1.54) is 0 Å². The number of Topliss-reactive ketones (excluding diaryl/α,β-unsaturated/α-hetero) is 2. The van der Waals surface area contributed by atoms with E-state index in [-0.39, 0.29) is 17.7 Å². The molecular weight excluding hydrogens is 330 g/mol. The van der Waals surface area contributed by atoms with Crippen molar-refractivity contribution in [3.05, 3.63) is 35.4 Å². The van der Waals surface area contributed by atoms with Crippen LogP contribution in [0.4, 0.5) is 4.79 Å². The van der Waals surface area contributed by atoms with Gasteiger partial charge in [-0.15, -0.1) is 0 Å². The van der Waals surface area contributed by atoms with Crippen LogP contribution in [-0.4, -0.2) is 24.2 Å². The molecule has 5 heteroatoms. The number of rotatable bonds is 5. The van der Waals surface area contributed by atoms with Crippen molar-refractivity contribution >= 4 is 17.7 Å². The first kappa shape index (κ1) is 28.6. The van der Waals surface area contributed by atoms with E-state index in [2.05, 4.69) is 5.32 Å². The van der Waals surface area contributed by atoms with Gasteiger partial charge in [-0.25, -0.2) is 4.79 Å². The Morgan fingerprint density at radius 1 is 0.923 bits per heavy atom. The number of hydrogen-bond donors (Lipinski definition) is 1. The zero-order chi connectivity index (χ0) is 21.0. The van der Waals surface area contributed by atoms with Gasteiger partial charge in [0.25, 0.3) is 0 Å². The summed E-state index contributed by atoms with van der Waals surface area (Å²) in [7, 11) is 0. The Kier molecular flexibility index (Phi) is 23.0. The van der Waals surface area contributed by atoms with Crippen LogP contribution in [0, 0.1) is 6.92 Å². The van der Waals surface area contributed by atoms with Crippen molar-refractivity contribution in [3.63, 3.8) is 0 Å². The Labute approximate surface area is 159 Å². The molecule has 1 amide bonds. The van der Waals surface area contributed by atoms with Crippen molar-refractivity contribution in [2.45, 2.75) is 74.8 Å². The fourth-order valence-corrected chi connectivity index (χ4v) is 1.11. The quantitative estimate of drug-likeness (QED) is 0.772. The Morgan fingerprint density at radius 2 is 1.35 bits per heavy atom. The lowest BCUT2D eigenvalue weighted by atomic mass is 10.1. The molecule has 0 spiro atoms. The first-order chi connectivity index (χ1) is 12.3. The summed E-state index contributed by atoms with van der Waals surface area (Å²) in [5, 5.41) is 2.57. The number of ketones is 2. The van der Waals surface area contributed by atoms with E-state index >= 15 is 0 Å². The molecule has 0 aliphatic rings. The maximum Gasteiger partial charge on any atom is 0.407 e. The fraction of sp³-hybridized carbons (Fsp3) is 0.571. The summed E-state index contributed by atoms with van der Waals surface area (Å²) in [4.78, 5) is 30.6. The fourth-order valence-electron chi connectivity index (χ4n) is 1.11. The van der Waals surface area contributed by atoms with E-state index in [9.17, 15) is 14.4 Å². The van der Waals surface area contributed by atoms with Crippen LogP contribution in [0.1, 0.15) is 72.4 Å². The van der Waals surface area contributed by atoms with Crippen LogP contribution in [0.3, 0.4) is 0 Å². The van der Waals surface area contributed by atoms with E-state index in [1.54, 1.807) is 13.8 Å². The molecule has 0 saturated carbocycles. The molecule has 1 aromatic rings. The van der Waals surface area contributed by atoms with Crippen molar-refractivity contribution in [2.24, 2.45) is 0 Å².